The first-order valence-electron chi connectivity index (χ1n) is 5.77. The molecule has 0 amide bonds. The second-order valence-electron chi connectivity index (χ2n) is 4.08. The van der Waals surface area contributed by atoms with Crippen LogP contribution in [0.5, 0.6) is 0 Å². The van der Waals surface area contributed by atoms with Crippen LogP contribution in [0.25, 0.3) is 0 Å². The Bertz CT molecular complexity index is 374. The molecule has 1 aromatic carbocycles. The van der Waals surface area contributed by atoms with E-state index in [0.29, 0.717) is 5.56 Å². The standard InChI is InChI=1S/C13H17NO3.ClH/c1-16-13(15)12-4-2-11(3-5-12)10-14-6-8-17-9-7-14;/h2-5H,6-10H2,1H3;1H. The second-order valence-corrected chi connectivity index (χ2v) is 4.08. The fourth-order valence-corrected chi connectivity index (χ4v) is 1.88. The van der Waals surface area contributed by atoms with E-state index in [4.69, 9.17) is 4.74 Å². The molecule has 0 unspecified atom stereocenters. The van der Waals surface area contributed by atoms with Gasteiger partial charge in [-0.3, -0.25) is 4.90 Å². The van der Waals surface area contributed by atoms with E-state index in [1.807, 2.05) is 24.3 Å². The van der Waals surface area contributed by atoms with Crippen LogP contribution in [-0.2, 0) is 16.0 Å². The molecule has 0 aromatic heterocycles. The number of carbonyl (C=O) groups excluding carboxylic acids is 1. The number of carbonyl (C=O) groups is 1. The number of halogens is 1. The Balaban J connectivity index is 0.00000162. The van der Waals surface area contributed by atoms with Gasteiger partial charge in [-0.05, 0) is 17.7 Å². The Morgan fingerprint density at radius 2 is 1.89 bits per heavy atom. The van der Waals surface area contributed by atoms with Gasteiger partial charge in [0.25, 0.3) is 0 Å². The number of morpholine rings is 1. The summed E-state index contributed by atoms with van der Waals surface area (Å²) in [5, 5.41) is 0. The zero-order valence-corrected chi connectivity index (χ0v) is 11.2. The van der Waals surface area contributed by atoms with Crippen LogP contribution in [0.4, 0.5) is 0 Å². The van der Waals surface area contributed by atoms with E-state index in [9.17, 15) is 4.79 Å². The minimum Gasteiger partial charge on any atom is -0.465 e. The molecule has 18 heavy (non-hydrogen) atoms. The van der Waals surface area contributed by atoms with Crippen LogP contribution in [-0.4, -0.2) is 44.3 Å². The molecule has 2 rings (SSSR count). The SMILES string of the molecule is COC(=O)c1ccc(CN2CCOCC2)cc1.Cl. The quantitative estimate of drug-likeness (QED) is 0.785. The van der Waals surface area contributed by atoms with Gasteiger partial charge in [-0.15, -0.1) is 12.4 Å². The molecule has 1 fully saturated rings. The maximum atomic E-state index is 11.3. The van der Waals surface area contributed by atoms with Crippen molar-refractivity contribution in [1.82, 2.24) is 4.90 Å². The first-order chi connectivity index (χ1) is 8.29. The van der Waals surface area contributed by atoms with Gasteiger partial charge < -0.3 is 9.47 Å². The van der Waals surface area contributed by atoms with E-state index < -0.39 is 0 Å². The van der Waals surface area contributed by atoms with Crippen molar-refractivity contribution in [3.63, 3.8) is 0 Å². The van der Waals surface area contributed by atoms with Gasteiger partial charge in [-0.2, -0.15) is 0 Å². The topological polar surface area (TPSA) is 38.8 Å². The summed E-state index contributed by atoms with van der Waals surface area (Å²) in [6.45, 7) is 4.46. The molecule has 1 aliphatic rings. The molecule has 1 heterocycles. The molecular weight excluding hydrogens is 254 g/mol. The van der Waals surface area contributed by atoms with Gasteiger partial charge in [0.2, 0.25) is 0 Å². The Morgan fingerprint density at radius 1 is 1.28 bits per heavy atom. The number of rotatable bonds is 3. The number of ether oxygens (including phenoxy) is 2. The van der Waals surface area contributed by atoms with Gasteiger partial charge in [0.1, 0.15) is 0 Å². The number of hydrogen-bond acceptors (Lipinski definition) is 4. The van der Waals surface area contributed by atoms with E-state index in [1.54, 1.807) is 0 Å². The molecule has 0 saturated carbocycles. The molecule has 0 N–H and O–H groups in total. The fraction of sp³-hybridized carbons (Fsp3) is 0.462. The molecule has 0 aliphatic carbocycles. The summed E-state index contributed by atoms with van der Waals surface area (Å²) in [4.78, 5) is 13.6. The summed E-state index contributed by atoms with van der Waals surface area (Å²) < 4.78 is 9.96. The first-order valence-corrected chi connectivity index (χ1v) is 5.77. The summed E-state index contributed by atoms with van der Waals surface area (Å²) in [5.41, 5.74) is 1.80. The normalized spacial score (nSPS) is 15.8. The Labute approximate surface area is 113 Å². The summed E-state index contributed by atoms with van der Waals surface area (Å²) in [7, 11) is 1.39. The van der Waals surface area contributed by atoms with Gasteiger partial charge in [-0.25, -0.2) is 4.79 Å². The van der Waals surface area contributed by atoms with Gasteiger partial charge in [0.05, 0.1) is 25.9 Å². The highest BCUT2D eigenvalue weighted by atomic mass is 35.5. The molecule has 0 bridgehead atoms. The van der Waals surface area contributed by atoms with Crippen molar-refractivity contribution in [3.8, 4) is 0 Å². The highest BCUT2D eigenvalue weighted by molar-refractivity contribution is 5.89. The Hall–Kier alpha value is -1.10. The first kappa shape index (κ1) is 15.0. The molecular formula is C13H18ClNO3. The lowest BCUT2D eigenvalue weighted by molar-refractivity contribution is 0.0342. The average Bonchev–Trinajstić information content (AvgIpc) is 2.40. The molecule has 1 aliphatic heterocycles. The largest absolute Gasteiger partial charge is 0.465 e. The van der Waals surface area contributed by atoms with Crippen molar-refractivity contribution in [2.45, 2.75) is 6.54 Å². The van der Waals surface area contributed by atoms with Crippen molar-refractivity contribution < 1.29 is 14.3 Å². The third-order valence-corrected chi connectivity index (χ3v) is 2.88. The van der Waals surface area contributed by atoms with Gasteiger partial charge in [0, 0.05) is 19.6 Å². The van der Waals surface area contributed by atoms with Crippen LogP contribution in [0.2, 0.25) is 0 Å². The summed E-state index contributed by atoms with van der Waals surface area (Å²) >= 11 is 0. The highest BCUT2D eigenvalue weighted by Crippen LogP contribution is 2.09. The van der Waals surface area contributed by atoms with Crippen LogP contribution in [0.3, 0.4) is 0 Å². The molecule has 100 valence electrons. The maximum absolute atomic E-state index is 11.3. The Kier molecular flexibility index (Phi) is 6.12. The minimum absolute atomic E-state index is 0. The van der Waals surface area contributed by atoms with Crippen LogP contribution >= 0.6 is 12.4 Å². The van der Waals surface area contributed by atoms with E-state index in [-0.39, 0.29) is 18.4 Å². The molecule has 5 heteroatoms. The van der Waals surface area contributed by atoms with E-state index in [0.717, 1.165) is 32.8 Å². The van der Waals surface area contributed by atoms with Gasteiger partial charge >= 0.3 is 5.97 Å². The number of esters is 1. The smallest absolute Gasteiger partial charge is 0.337 e. The molecule has 4 nitrogen and oxygen atoms in total. The lowest BCUT2D eigenvalue weighted by Crippen LogP contribution is -2.35. The highest BCUT2D eigenvalue weighted by Gasteiger charge is 2.11. The molecule has 1 aromatic rings. The van der Waals surface area contributed by atoms with Crippen LogP contribution < -0.4 is 0 Å². The summed E-state index contributed by atoms with van der Waals surface area (Å²) in [5.74, 6) is -0.289. The molecule has 0 atom stereocenters. The number of hydrogen-bond donors (Lipinski definition) is 0. The minimum atomic E-state index is -0.289. The lowest BCUT2D eigenvalue weighted by Gasteiger charge is -2.26. The van der Waals surface area contributed by atoms with Crippen molar-refractivity contribution in [3.05, 3.63) is 35.4 Å². The van der Waals surface area contributed by atoms with Crippen molar-refractivity contribution in [2.24, 2.45) is 0 Å². The monoisotopic (exact) mass is 271 g/mol. The van der Waals surface area contributed by atoms with Crippen molar-refractivity contribution in [1.29, 1.82) is 0 Å². The Morgan fingerprint density at radius 3 is 2.44 bits per heavy atom. The van der Waals surface area contributed by atoms with Crippen LogP contribution in [0, 0.1) is 0 Å². The maximum Gasteiger partial charge on any atom is 0.337 e. The van der Waals surface area contributed by atoms with Crippen molar-refractivity contribution >= 4 is 18.4 Å². The third kappa shape index (κ3) is 3.98. The second kappa shape index (κ2) is 7.36. The van der Waals surface area contributed by atoms with E-state index in [1.165, 1.54) is 12.7 Å². The van der Waals surface area contributed by atoms with Crippen LogP contribution in [0.1, 0.15) is 15.9 Å². The van der Waals surface area contributed by atoms with Gasteiger partial charge in [-0.1, -0.05) is 12.1 Å². The summed E-state index contributed by atoms with van der Waals surface area (Å²) in [6.07, 6.45) is 0. The number of nitrogens with zero attached hydrogens (tertiary/aromatic N) is 1. The predicted octanol–water partition coefficient (Wildman–Crippen LogP) is 1.73. The molecule has 1 saturated heterocycles. The lowest BCUT2D eigenvalue weighted by atomic mass is 10.1. The van der Waals surface area contributed by atoms with E-state index in [2.05, 4.69) is 9.64 Å². The zero-order chi connectivity index (χ0) is 12.1. The molecule has 0 radical (unpaired) electrons. The molecule has 0 spiro atoms. The fourth-order valence-electron chi connectivity index (χ4n) is 1.88. The number of benzene rings is 1. The van der Waals surface area contributed by atoms with Gasteiger partial charge in [0.15, 0.2) is 0 Å². The predicted molar refractivity (Wildman–Crippen MR) is 71.1 cm³/mol. The number of methoxy groups -OCH3 is 1. The van der Waals surface area contributed by atoms with E-state index >= 15 is 0 Å². The third-order valence-electron chi connectivity index (χ3n) is 2.88. The average molecular weight is 272 g/mol. The summed E-state index contributed by atoms with van der Waals surface area (Å²) in [6, 6.07) is 7.56. The van der Waals surface area contributed by atoms with Crippen molar-refractivity contribution in [2.75, 3.05) is 33.4 Å². The zero-order valence-electron chi connectivity index (χ0n) is 10.4. The van der Waals surface area contributed by atoms with Crippen LogP contribution in [0.15, 0.2) is 24.3 Å².